The molecule has 192 valence electrons. The molecule has 1 amide bonds. The number of imidazole rings is 1. The number of aliphatic hydroxyl groups is 2. The van der Waals surface area contributed by atoms with Crippen molar-refractivity contribution < 1.29 is 23.8 Å². The van der Waals surface area contributed by atoms with Crippen LogP contribution in [0.25, 0.3) is 11.3 Å². The summed E-state index contributed by atoms with van der Waals surface area (Å²) < 4.78 is 27.7. The molecule has 7 nitrogen and oxygen atoms in total. The Morgan fingerprint density at radius 1 is 1.08 bits per heavy atom. The van der Waals surface area contributed by atoms with Gasteiger partial charge < -0.3 is 25.0 Å². The van der Waals surface area contributed by atoms with Crippen LogP contribution in [0.3, 0.4) is 0 Å². The number of rotatable bonds is 6. The number of amides is 1. The van der Waals surface area contributed by atoms with E-state index < -0.39 is 29.9 Å². The van der Waals surface area contributed by atoms with Crippen LogP contribution < -0.4 is 9.80 Å². The van der Waals surface area contributed by atoms with Crippen molar-refractivity contribution in [1.82, 2.24) is 9.97 Å². The van der Waals surface area contributed by atoms with E-state index in [1.165, 1.54) is 4.90 Å². The lowest BCUT2D eigenvalue weighted by Gasteiger charge is -2.29. The second-order valence-corrected chi connectivity index (χ2v) is 8.87. The van der Waals surface area contributed by atoms with Crippen LogP contribution in [0.2, 0.25) is 5.02 Å². The molecule has 1 aromatic heterocycles. The van der Waals surface area contributed by atoms with Crippen LogP contribution in [-0.4, -0.2) is 38.9 Å². The van der Waals surface area contributed by atoms with E-state index in [4.69, 9.17) is 11.6 Å². The van der Waals surface area contributed by atoms with E-state index in [0.29, 0.717) is 10.7 Å². The fourth-order valence-electron chi connectivity index (χ4n) is 4.30. The lowest BCUT2D eigenvalue weighted by atomic mass is 10.1. The first kappa shape index (κ1) is 26.6. The molecule has 1 aliphatic rings. The summed E-state index contributed by atoms with van der Waals surface area (Å²) >= 11 is 6.14. The number of hydrogen-bond acceptors (Lipinski definition) is 5. The molecule has 4 aromatic rings. The lowest BCUT2D eigenvalue weighted by molar-refractivity contribution is -0.118. The van der Waals surface area contributed by atoms with Gasteiger partial charge in [-0.3, -0.25) is 4.79 Å². The van der Waals surface area contributed by atoms with Gasteiger partial charge in [0.15, 0.2) is 17.9 Å². The second-order valence-electron chi connectivity index (χ2n) is 8.43. The van der Waals surface area contributed by atoms with E-state index in [0.717, 1.165) is 33.9 Å². The predicted octanol–water partition coefficient (Wildman–Crippen LogP) is 4.84. The Morgan fingerprint density at radius 2 is 1.81 bits per heavy atom. The topological polar surface area (TPSA) is 92.7 Å². The summed E-state index contributed by atoms with van der Waals surface area (Å²) in [6, 6.07) is 16.0. The van der Waals surface area contributed by atoms with E-state index >= 15 is 0 Å². The number of aliphatic hydroxyl groups excluding tert-OH is 2. The van der Waals surface area contributed by atoms with Gasteiger partial charge in [-0.2, -0.15) is 0 Å². The molecule has 2 unspecified atom stereocenters. The summed E-state index contributed by atoms with van der Waals surface area (Å²) in [5, 5.41) is 21.4. The molecule has 0 fully saturated rings. The number of H-pyrrole nitrogens is 1. The van der Waals surface area contributed by atoms with E-state index in [1.54, 1.807) is 42.9 Å². The van der Waals surface area contributed by atoms with Crippen LogP contribution in [0.1, 0.15) is 17.2 Å². The molecule has 1 aliphatic heterocycles. The summed E-state index contributed by atoms with van der Waals surface area (Å²) in [6.07, 6.45) is 0.225. The highest BCUT2D eigenvalue weighted by molar-refractivity contribution is 6.30. The van der Waals surface area contributed by atoms with Crippen molar-refractivity contribution in [2.75, 3.05) is 16.3 Å². The third-order valence-corrected chi connectivity index (χ3v) is 6.36. The van der Waals surface area contributed by atoms with Crippen molar-refractivity contribution in [3.63, 3.8) is 0 Å². The number of nitrogens with zero attached hydrogens (tertiary/aromatic N) is 3. The van der Waals surface area contributed by atoms with Crippen molar-refractivity contribution in [2.24, 2.45) is 0 Å². The molecular formula is C26H22Cl2F2N4O3. The summed E-state index contributed by atoms with van der Waals surface area (Å²) in [5.74, 6) is -2.72. The van der Waals surface area contributed by atoms with Gasteiger partial charge in [0, 0.05) is 28.0 Å². The molecule has 0 spiro atoms. The Hall–Kier alpha value is -3.50. The summed E-state index contributed by atoms with van der Waals surface area (Å²) in [7, 11) is 0. The number of anilines is 2. The molecule has 2 heterocycles. The fourth-order valence-corrected chi connectivity index (χ4v) is 4.51. The highest BCUT2D eigenvalue weighted by atomic mass is 35.5. The maximum Gasteiger partial charge on any atom is 0.246 e. The quantitative estimate of drug-likeness (QED) is 0.322. The number of carbonyl (C=O) groups is 1. The molecule has 0 saturated carbocycles. The van der Waals surface area contributed by atoms with Crippen molar-refractivity contribution >= 4 is 41.3 Å². The highest BCUT2D eigenvalue weighted by Crippen LogP contribution is 2.39. The number of aromatic nitrogens is 2. The van der Waals surface area contributed by atoms with Gasteiger partial charge in [-0.25, -0.2) is 13.8 Å². The van der Waals surface area contributed by atoms with Gasteiger partial charge in [-0.15, -0.1) is 12.4 Å². The monoisotopic (exact) mass is 546 g/mol. The Kier molecular flexibility index (Phi) is 7.79. The van der Waals surface area contributed by atoms with Gasteiger partial charge in [0.2, 0.25) is 5.91 Å². The number of halogens is 4. The Bertz CT molecular complexity index is 1400. The van der Waals surface area contributed by atoms with Crippen LogP contribution in [0.4, 0.5) is 20.2 Å². The maximum absolute atomic E-state index is 14.0. The minimum absolute atomic E-state index is 0. The number of carbonyl (C=O) groups excluding carboxylic acids is 1. The first-order valence-corrected chi connectivity index (χ1v) is 11.4. The Morgan fingerprint density at radius 3 is 2.49 bits per heavy atom. The first-order valence-electron chi connectivity index (χ1n) is 11.1. The van der Waals surface area contributed by atoms with Gasteiger partial charge in [0.05, 0.1) is 24.8 Å². The van der Waals surface area contributed by atoms with Gasteiger partial charge in [-0.1, -0.05) is 35.9 Å². The third-order valence-electron chi connectivity index (χ3n) is 6.12. The fraction of sp³-hybridized carbons (Fsp3) is 0.154. The average molecular weight is 547 g/mol. The van der Waals surface area contributed by atoms with Crippen molar-refractivity contribution in [1.29, 1.82) is 0 Å². The maximum atomic E-state index is 14.0. The number of fused-ring (bicyclic) bond motifs is 1. The van der Waals surface area contributed by atoms with E-state index in [-0.39, 0.29) is 36.7 Å². The van der Waals surface area contributed by atoms with E-state index in [2.05, 4.69) is 9.97 Å². The largest absolute Gasteiger partial charge is 0.384 e. The van der Waals surface area contributed by atoms with E-state index in [1.807, 2.05) is 18.2 Å². The molecule has 2 atom stereocenters. The van der Waals surface area contributed by atoms with Gasteiger partial charge in [0.25, 0.3) is 0 Å². The number of nitrogens with one attached hydrogen (secondary N) is 1. The van der Waals surface area contributed by atoms with Crippen LogP contribution in [0.15, 0.2) is 73.2 Å². The van der Waals surface area contributed by atoms with Gasteiger partial charge in [-0.05, 0) is 41.5 Å². The normalized spacial score (nSPS) is 16.3. The lowest BCUT2D eigenvalue weighted by Crippen LogP contribution is -2.44. The summed E-state index contributed by atoms with van der Waals surface area (Å²) in [4.78, 5) is 23.3. The minimum Gasteiger partial charge on any atom is -0.384 e. The molecule has 0 bridgehead atoms. The zero-order chi connectivity index (χ0) is 25.4. The Labute approximate surface area is 222 Å². The molecule has 0 radical (unpaired) electrons. The molecule has 11 heteroatoms. The van der Waals surface area contributed by atoms with Crippen molar-refractivity contribution in [2.45, 2.75) is 18.9 Å². The van der Waals surface area contributed by atoms with Crippen molar-refractivity contribution in [3.05, 3.63) is 101 Å². The predicted molar refractivity (Wildman–Crippen MR) is 139 cm³/mol. The zero-order valence-corrected chi connectivity index (χ0v) is 20.8. The van der Waals surface area contributed by atoms with Crippen LogP contribution in [0, 0.1) is 11.6 Å². The molecule has 0 aliphatic carbocycles. The van der Waals surface area contributed by atoms with Crippen LogP contribution in [-0.2, 0) is 11.3 Å². The molecule has 3 aromatic carbocycles. The highest BCUT2D eigenvalue weighted by Gasteiger charge is 2.39. The number of aromatic amines is 1. The summed E-state index contributed by atoms with van der Waals surface area (Å²) in [6.45, 7) is -0.223. The number of hydrogen-bond donors (Lipinski definition) is 3. The van der Waals surface area contributed by atoms with Crippen LogP contribution >= 0.6 is 24.0 Å². The Balaban J connectivity index is 0.00000320. The average Bonchev–Trinajstić information content (AvgIpc) is 3.48. The zero-order valence-electron chi connectivity index (χ0n) is 19.2. The molecule has 3 N–H and O–H groups in total. The molecular weight excluding hydrogens is 525 g/mol. The molecule has 5 rings (SSSR count). The number of benzene rings is 3. The van der Waals surface area contributed by atoms with Gasteiger partial charge >= 0.3 is 0 Å². The standard InChI is InChI=1S/C26H21ClF2N4O3.ClH/c27-17-3-1-2-15(8-17)12-32(18-6-4-16(5-7-18)22-11-30-14-31-22)24(34)13-33-23-10-21(29)20(28)9-19(23)25(35)26(33)36;/h1-11,14,25-26,35-36H,12-13H2,(H,30,31);1H. The summed E-state index contributed by atoms with van der Waals surface area (Å²) in [5.41, 5.74) is 3.09. The smallest absolute Gasteiger partial charge is 0.246 e. The first-order chi connectivity index (χ1) is 17.3. The minimum atomic E-state index is -1.54. The van der Waals surface area contributed by atoms with Gasteiger partial charge in [0.1, 0.15) is 12.6 Å². The van der Waals surface area contributed by atoms with Crippen LogP contribution in [0.5, 0.6) is 0 Å². The molecule has 0 saturated heterocycles. The third kappa shape index (κ3) is 5.30. The second kappa shape index (κ2) is 10.9. The molecule has 37 heavy (non-hydrogen) atoms. The van der Waals surface area contributed by atoms with E-state index in [9.17, 15) is 23.8 Å². The SMILES string of the molecule is Cl.O=C(CN1c2cc(F)c(F)cc2C(O)C1O)N(Cc1cccc(Cl)c1)c1ccc(-c2cnc[nH]2)cc1. The van der Waals surface area contributed by atoms with Crippen molar-refractivity contribution in [3.8, 4) is 11.3 Å².